The summed E-state index contributed by atoms with van der Waals surface area (Å²) >= 11 is 1.46. The summed E-state index contributed by atoms with van der Waals surface area (Å²) in [4.78, 5) is 19.5. The first-order valence-corrected chi connectivity index (χ1v) is 10.6. The van der Waals surface area contributed by atoms with E-state index in [1.54, 1.807) is 12.4 Å². The minimum absolute atomic E-state index is 0.0627. The average molecular weight is 398 g/mol. The number of aromatic nitrogens is 5. The molecule has 0 unspecified atom stereocenters. The largest absolute Gasteiger partial charge is 0.378 e. The Bertz CT molecular complexity index is 973. The Labute approximate surface area is 166 Å². The Balaban J connectivity index is 1.35. The van der Waals surface area contributed by atoms with E-state index in [0.717, 1.165) is 54.2 Å². The fourth-order valence-corrected chi connectivity index (χ4v) is 4.66. The van der Waals surface area contributed by atoms with Crippen molar-refractivity contribution in [1.82, 2.24) is 25.0 Å². The molecule has 5 rings (SSSR count). The number of nitrogens with zero attached hydrogens (tertiary/aromatic N) is 5. The van der Waals surface area contributed by atoms with E-state index in [9.17, 15) is 4.79 Å². The second-order valence-corrected chi connectivity index (χ2v) is 8.09. The van der Waals surface area contributed by atoms with E-state index in [1.165, 1.54) is 11.3 Å². The summed E-state index contributed by atoms with van der Waals surface area (Å²) < 4.78 is 7.69. The zero-order valence-electron chi connectivity index (χ0n) is 15.7. The van der Waals surface area contributed by atoms with Crippen molar-refractivity contribution in [2.24, 2.45) is 0 Å². The van der Waals surface area contributed by atoms with Crippen LogP contribution >= 0.6 is 11.3 Å². The highest BCUT2D eigenvalue weighted by molar-refractivity contribution is 7.13. The molecule has 1 N–H and O–H groups in total. The van der Waals surface area contributed by atoms with Crippen LogP contribution in [0.15, 0.2) is 24.0 Å². The number of rotatable bonds is 5. The van der Waals surface area contributed by atoms with Gasteiger partial charge in [-0.2, -0.15) is 10.2 Å². The second-order valence-electron chi connectivity index (χ2n) is 7.23. The third-order valence-electron chi connectivity index (χ3n) is 5.43. The Kier molecular flexibility index (Phi) is 4.48. The molecule has 9 heteroatoms. The van der Waals surface area contributed by atoms with Gasteiger partial charge < -0.3 is 9.64 Å². The topological polar surface area (TPSA) is 88.9 Å². The van der Waals surface area contributed by atoms with Gasteiger partial charge in [-0.15, -0.1) is 11.3 Å². The summed E-state index contributed by atoms with van der Waals surface area (Å²) in [5.41, 5.74) is 3.30. The maximum Gasteiger partial charge on any atom is 0.277 e. The van der Waals surface area contributed by atoms with Crippen molar-refractivity contribution < 1.29 is 9.53 Å². The van der Waals surface area contributed by atoms with E-state index < -0.39 is 0 Å². The fraction of sp³-hybridized carbons (Fsp3) is 0.474. The first kappa shape index (κ1) is 17.6. The van der Waals surface area contributed by atoms with Crippen LogP contribution in [0, 0.1) is 0 Å². The highest BCUT2D eigenvalue weighted by atomic mass is 32.1. The number of carbonyl (C=O) groups excluding carboxylic acids is 1. The number of anilines is 1. The number of nitrogens with one attached hydrogen (secondary N) is 1. The average Bonchev–Trinajstić information content (AvgIpc) is 3.42. The first-order chi connectivity index (χ1) is 13.7. The maximum absolute atomic E-state index is 13.1. The van der Waals surface area contributed by atoms with Crippen molar-refractivity contribution in [2.45, 2.75) is 44.8 Å². The summed E-state index contributed by atoms with van der Waals surface area (Å²) in [5.74, 6) is -0.0627. The molecular weight excluding hydrogens is 376 g/mol. The predicted molar refractivity (Wildman–Crippen MR) is 106 cm³/mol. The van der Waals surface area contributed by atoms with E-state index in [1.807, 2.05) is 28.1 Å². The van der Waals surface area contributed by atoms with Crippen molar-refractivity contribution in [2.75, 3.05) is 18.1 Å². The lowest BCUT2D eigenvalue weighted by molar-refractivity contribution is -0.0228. The Morgan fingerprint density at radius 1 is 1.43 bits per heavy atom. The van der Waals surface area contributed by atoms with Crippen LogP contribution in [0.25, 0.3) is 10.6 Å². The number of thiazole rings is 1. The molecule has 0 atom stereocenters. The van der Waals surface area contributed by atoms with Gasteiger partial charge in [-0.25, -0.2) is 4.98 Å². The predicted octanol–water partition coefficient (Wildman–Crippen LogP) is 3.06. The third kappa shape index (κ3) is 3.04. The monoisotopic (exact) mass is 398 g/mol. The first-order valence-electron chi connectivity index (χ1n) is 9.69. The van der Waals surface area contributed by atoms with Gasteiger partial charge in [-0.05, 0) is 32.6 Å². The number of ether oxygens (including phenoxy) is 1. The van der Waals surface area contributed by atoms with Crippen LogP contribution in [0.3, 0.4) is 0 Å². The standard InChI is InChI=1S/C19H22N6O2S/c1-2-27-14-6-13(7-14)25-10-17-15(23-25)4-3-5-24(17)19(26)16-11-28-18(22-16)12-8-20-21-9-12/h8-11,13-14H,2-7H2,1H3,(H,20,21)/t13-,14-. The molecule has 0 aromatic carbocycles. The minimum Gasteiger partial charge on any atom is -0.378 e. The Morgan fingerprint density at radius 3 is 3.11 bits per heavy atom. The second kappa shape index (κ2) is 7.14. The van der Waals surface area contributed by atoms with Gasteiger partial charge >= 0.3 is 0 Å². The lowest BCUT2D eigenvalue weighted by Crippen LogP contribution is -2.35. The smallest absolute Gasteiger partial charge is 0.277 e. The van der Waals surface area contributed by atoms with Crippen LogP contribution in [0.1, 0.15) is 48.4 Å². The lowest BCUT2D eigenvalue weighted by Gasteiger charge is -2.34. The molecule has 1 fully saturated rings. The number of amides is 1. The number of carbonyl (C=O) groups is 1. The normalized spacial score (nSPS) is 21.4. The number of fused-ring (bicyclic) bond motifs is 1. The van der Waals surface area contributed by atoms with Gasteiger partial charge in [-0.1, -0.05) is 0 Å². The Morgan fingerprint density at radius 2 is 2.32 bits per heavy atom. The van der Waals surface area contributed by atoms with E-state index in [0.29, 0.717) is 24.4 Å². The molecule has 0 saturated heterocycles. The van der Waals surface area contributed by atoms with Crippen molar-refractivity contribution in [3.8, 4) is 10.6 Å². The van der Waals surface area contributed by atoms with Crippen molar-refractivity contribution in [1.29, 1.82) is 0 Å². The van der Waals surface area contributed by atoms with Crippen LogP contribution < -0.4 is 4.90 Å². The number of hydrogen-bond donors (Lipinski definition) is 1. The van der Waals surface area contributed by atoms with Gasteiger partial charge in [-0.3, -0.25) is 14.6 Å². The summed E-state index contributed by atoms with van der Waals surface area (Å²) in [6, 6.07) is 0.367. The van der Waals surface area contributed by atoms with Gasteiger partial charge in [0, 0.05) is 36.5 Å². The van der Waals surface area contributed by atoms with Crippen LogP contribution in [0.4, 0.5) is 5.69 Å². The van der Waals surface area contributed by atoms with E-state index >= 15 is 0 Å². The molecule has 0 spiro atoms. The third-order valence-corrected chi connectivity index (χ3v) is 6.32. The van der Waals surface area contributed by atoms with E-state index in [-0.39, 0.29) is 5.91 Å². The number of aromatic amines is 1. The number of aryl methyl sites for hydroxylation is 1. The molecule has 146 valence electrons. The maximum atomic E-state index is 13.1. The molecule has 4 heterocycles. The van der Waals surface area contributed by atoms with E-state index in [4.69, 9.17) is 9.84 Å². The van der Waals surface area contributed by atoms with E-state index in [2.05, 4.69) is 15.2 Å². The fourth-order valence-electron chi connectivity index (χ4n) is 3.88. The molecule has 3 aromatic rings. The zero-order valence-corrected chi connectivity index (χ0v) is 16.5. The van der Waals surface area contributed by atoms with Crippen LogP contribution in [-0.4, -0.2) is 50.1 Å². The van der Waals surface area contributed by atoms with Gasteiger partial charge in [0.2, 0.25) is 0 Å². The SMILES string of the molecule is CCO[C@H]1C[C@H](n2cc3c(n2)CCCN3C(=O)c2csc(-c3cn[nH]c3)n2)C1. The molecule has 0 radical (unpaired) electrons. The zero-order chi connectivity index (χ0) is 19.1. The van der Waals surface area contributed by atoms with Crippen molar-refractivity contribution in [3.63, 3.8) is 0 Å². The molecule has 8 nitrogen and oxygen atoms in total. The summed E-state index contributed by atoms with van der Waals surface area (Å²) in [7, 11) is 0. The summed E-state index contributed by atoms with van der Waals surface area (Å²) in [6.07, 6.45) is 9.67. The molecule has 3 aromatic heterocycles. The summed E-state index contributed by atoms with van der Waals surface area (Å²) in [5, 5.41) is 14.1. The van der Waals surface area contributed by atoms with Gasteiger partial charge in [0.15, 0.2) is 0 Å². The van der Waals surface area contributed by atoms with Crippen molar-refractivity contribution >= 4 is 22.9 Å². The molecule has 2 aliphatic rings. The minimum atomic E-state index is -0.0627. The lowest BCUT2D eigenvalue weighted by atomic mass is 9.89. The number of hydrogen-bond acceptors (Lipinski definition) is 6. The van der Waals surface area contributed by atoms with Gasteiger partial charge in [0.1, 0.15) is 10.7 Å². The molecular formula is C19H22N6O2S. The number of H-pyrrole nitrogens is 1. The summed E-state index contributed by atoms with van der Waals surface area (Å²) in [6.45, 7) is 3.48. The van der Waals surface area contributed by atoms with Gasteiger partial charge in [0.05, 0.1) is 29.7 Å². The molecule has 28 heavy (non-hydrogen) atoms. The highest BCUT2D eigenvalue weighted by Gasteiger charge is 2.34. The quantitative estimate of drug-likeness (QED) is 0.713. The highest BCUT2D eigenvalue weighted by Crippen LogP contribution is 2.37. The van der Waals surface area contributed by atoms with Crippen LogP contribution in [0.2, 0.25) is 0 Å². The van der Waals surface area contributed by atoms with Crippen LogP contribution in [0.5, 0.6) is 0 Å². The molecule has 1 amide bonds. The molecule has 1 aliphatic heterocycles. The molecule has 1 saturated carbocycles. The molecule has 0 bridgehead atoms. The Hall–Kier alpha value is -2.52. The molecule has 1 aliphatic carbocycles. The van der Waals surface area contributed by atoms with Gasteiger partial charge in [0.25, 0.3) is 5.91 Å². The van der Waals surface area contributed by atoms with Crippen LogP contribution in [-0.2, 0) is 11.2 Å². The van der Waals surface area contributed by atoms with Crippen molar-refractivity contribution in [3.05, 3.63) is 35.4 Å².